The molecule has 100 valence electrons. The number of pyridine rings is 1. The number of hydrogen-bond acceptors (Lipinski definition) is 3. The van der Waals surface area contributed by atoms with Crippen LogP contribution in [-0.4, -0.2) is 22.2 Å². The van der Waals surface area contributed by atoms with Gasteiger partial charge in [-0.15, -0.1) is 0 Å². The minimum atomic E-state index is -0.545. The van der Waals surface area contributed by atoms with Crippen molar-refractivity contribution in [3.8, 4) is 0 Å². The Kier molecular flexibility index (Phi) is 4.23. The Hall–Kier alpha value is -1.09. The average molecular weight is 248 g/mol. The van der Waals surface area contributed by atoms with Gasteiger partial charge in [0, 0.05) is 12.7 Å². The minimum absolute atomic E-state index is 0.545. The third-order valence-corrected chi connectivity index (χ3v) is 4.13. The van der Waals surface area contributed by atoms with Crippen LogP contribution in [0.15, 0.2) is 18.3 Å². The lowest BCUT2D eigenvalue weighted by molar-refractivity contribution is 0.00223. The first-order valence-electron chi connectivity index (χ1n) is 7.00. The van der Waals surface area contributed by atoms with Crippen molar-refractivity contribution in [1.29, 1.82) is 0 Å². The monoisotopic (exact) mass is 248 g/mol. The molecule has 1 fully saturated rings. The van der Waals surface area contributed by atoms with Gasteiger partial charge in [-0.2, -0.15) is 0 Å². The second-order valence-corrected chi connectivity index (χ2v) is 5.65. The molecule has 0 unspecified atom stereocenters. The number of hydrogen-bond donors (Lipinski definition) is 2. The van der Waals surface area contributed by atoms with Crippen LogP contribution in [0.25, 0.3) is 0 Å². The lowest BCUT2D eigenvalue weighted by atomic mass is 9.78. The smallest absolute Gasteiger partial charge is 0.126 e. The summed E-state index contributed by atoms with van der Waals surface area (Å²) >= 11 is 0. The molecule has 1 aliphatic carbocycles. The Bertz CT molecular complexity index is 384. The Morgan fingerprint density at radius 2 is 2.17 bits per heavy atom. The summed E-state index contributed by atoms with van der Waals surface area (Å²) in [5.74, 6) is 1.67. The summed E-state index contributed by atoms with van der Waals surface area (Å²) in [5, 5.41) is 13.8. The molecule has 0 radical (unpaired) electrons. The molecule has 0 amide bonds. The third kappa shape index (κ3) is 3.45. The summed E-state index contributed by atoms with van der Waals surface area (Å²) in [5.41, 5.74) is 0.645. The van der Waals surface area contributed by atoms with Gasteiger partial charge in [0.1, 0.15) is 5.82 Å². The molecule has 1 aliphatic rings. The van der Waals surface area contributed by atoms with Crippen LogP contribution < -0.4 is 5.32 Å². The molecule has 2 N–H and O–H groups in total. The first-order chi connectivity index (χ1) is 8.61. The average Bonchev–Trinajstić information content (AvgIpc) is 2.38. The number of aromatic nitrogens is 1. The van der Waals surface area contributed by atoms with Gasteiger partial charge in [-0.1, -0.05) is 13.3 Å². The molecule has 1 aromatic heterocycles. The van der Waals surface area contributed by atoms with Crippen molar-refractivity contribution in [3.63, 3.8) is 0 Å². The molecule has 18 heavy (non-hydrogen) atoms. The van der Waals surface area contributed by atoms with Gasteiger partial charge in [0.25, 0.3) is 0 Å². The molecule has 1 saturated carbocycles. The van der Waals surface area contributed by atoms with E-state index in [1.165, 1.54) is 12.0 Å². The fraction of sp³-hybridized carbons (Fsp3) is 0.667. The summed E-state index contributed by atoms with van der Waals surface area (Å²) in [6.07, 6.45) is 7.15. The van der Waals surface area contributed by atoms with Crippen LogP contribution in [0.2, 0.25) is 0 Å². The topological polar surface area (TPSA) is 45.1 Å². The van der Waals surface area contributed by atoms with Crippen molar-refractivity contribution in [2.24, 2.45) is 5.92 Å². The zero-order valence-electron chi connectivity index (χ0n) is 11.4. The van der Waals surface area contributed by atoms with Crippen LogP contribution in [0.1, 0.15) is 44.6 Å². The second kappa shape index (κ2) is 5.70. The van der Waals surface area contributed by atoms with E-state index < -0.39 is 5.60 Å². The Balaban J connectivity index is 1.86. The number of aryl methyl sites for hydroxylation is 1. The number of nitrogens with zero attached hydrogens (tertiary/aromatic N) is 1. The van der Waals surface area contributed by atoms with Gasteiger partial charge in [-0.3, -0.25) is 0 Å². The van der Waals surface area contributed by atoms with Gasteiger partial charge in [0.15, 0.2) is 0 Å². The van der Waals surface area contributed by atoms with E-state index in [0.717, 1.165) is 37.4 Å². The number of anilines is 1. The molecule has 0 spiro atoms. The molecule has 3 heteroatoms. The predicted octanol–water partition coefficient (Wildman–Crippen LogP) is 3.13. The van der Waals surface area contributed by atoms with Gasteiger partial charge in [-0.25, -0.2) is 4.98 Å². The number of aliphatic hydroxyl groups is 1. The fourth-order valence-electron chi connectivity index (χ4n) is 2.69. The summed E-state index contributed by atoms with van der Waals surface area (Å²) in [6, 6.07) is 3.99. The van der Waals surface area contributed by atoms with Gasteiger partial charge in [0.05, 0.1) is 5.60 Å². The van der Waals surface area contributed by atoms with E-state index in [2.05, 4.69) is 17.2 Å². The summed E-state index contributed by atoms with van der Waals surface area (Å²) in [4.78, 5) is 4.26. The Morgan fingerprint density at radius 1 is 1.44 bits per heavy atom. The van der Waals surface area contributed by atoms with Crippen LogP contribution in [0.4, 0.5) is 5.82 Å². The van der Waals surface area contributed by atoms with Gasteiger partial charge in [0.2, 0.25) is 0 Å². The maximum Gasteiger partial charge on any atom is 0.126 e. The maximum absolute atomic E-state index is 10.5. The SMILES string of the molecule is CCC1CCC(O)(CNc2cc(C)ccn2)CC1. The first-order valence-corrected chi connectivity index (χ1v) is 7.00. The van der Waals surface area contributed by atoms with E-state index in [1.54, 1.807) is 6.20 Å². The van der Waals surface area contributed by atoms with Crippen LogP contribution in [-0.2, 0) is 0 Å². The molecule has 0 saturated heterocycles. The lowest BCUT2D eigenvalue weighted by Crippen LogP contribution is -2.40. The molecule has 1 heterocycles. The van der Waals surface area contributed by atoms with E-state index >= 15 is 0 Å². The minimum Gasteiger partial charge on any atom is -0.388 e. The number of rotatable bonds is 4. The molecular formula is C15H24N2O. The summed E-state index contributed by atoms with van der Waals surface area (Å²) < 4.78 is 0. The quantitative estimate of drug-likeness (QED) is 0.860. The van der Waals surface area contributed by atoms with Crippen molar-refractivity contribution in [3.05, 3.63) is 23.9 Å². The molecule has 0 bridgehead atoms. The van der Waals surface area contributed by atoms with Crippen LogP contribution in [0.3, 0.4) is 0 Å². The Morgan fingerprint density at radius 3 is 2.78 bits per heavy atom. The zero-order valence-corrected chi connectivity index (χ0v) is 11.4. The molecule has 3 nitrogen and oxygen atoms in total. The van der Waals surface area contributed by atoms with Crippen molar-refractivity contribution >= 4 is 5.82 Å². The number of nitrogens with one attached hydrogen (secondary N) is 1. The van der Waals surface area contributed by atoms with E-state index in [4.69, 9.17) is 0 Å². The fourth-order valence-corrected chi connectivity index (χ4v) is 2.69. The summed E-state index contributed by atoms with van der Waals surface area (Å²) in [6.45, 7) is 4.90. The second-order valence-electron chi connectivity index (χ2n) is 5.65. The van der Waals surface area contributed by atoms with E-state index in [9.17, 15) is 5.11 Å². The normalized spacial score (nSPS) is 28.1. The standard InChI is InChI=1S/C15H24N2O/c1-3-13-4-7-15(18,8-5-13)11-17-14-10-12(2)6-9-16-14/h6,9-10,13,18H,3-5,7-8,11H2,1-2H3,(H,16,17). The highest BCUT2D eigenvalue weighted by molar-refractivity contribution is 5.37. The largest absolute Gasteiger partial charge is 0.388 e. The van der Waals surface area contributed by atoms with Gasteiger partial charge >= 0.3 is 0 Å². The Labute approximate surface area is 110 Å². The van der Waals surface area contributed by atoms with Crippen LogP contribution >= 0.6 is 0 Å². The van der Waals surface area contributed by atoms with Crippen LogP contribution in [0.5, 0.6) is 0 Å². The van der Waals surface area contributed by atoms with Crippen molar-refractivity contribution in [2.45, 2.75) is 51.6 Å². The van der Waals surface area contributed by atoms with Crippen molar-refractivity contribution in [1.82, 2.24) is 4.98 Å². The lowest BCUT2D eigenvalue weighted by Gasteiger charge is -2.36. The highest BCUT2D eigenvalue weighted by Crippen LogP contribution is 2.33. The molecule has 0 atom stereocenters. The highest BCUT2D eigenvalue weighted by atomic mass is 16.3. The zero-order chi connectivity index (χ0) is 13.0. The molecule has 0 aliphatic heterocycles. The third-order valence-electron chi connectivity index (χ3n) is 4.13. The molecular weight excluding hydrogens is 224 g/mol. The molecule has 0 aromatic carbocycles. The predicted molar refractivity (Wildman–Crippen MR) is 74.7 cm³/mol. The van der Waals surface area contributed by atoms with Gasteiger partial charge in [-0.05, 0) is 56.2 Å². The van der Waals surface area contributed by atoms with Crippen molar-refractivity contribution < 1.29 is 5.11 Å². The highest BCUT2D eigenvalue weighted by Gasteiger charge is 2.32. The van der Waals surface area contributed by atoms with Crippen molar-refractivity contribution in [2.75, 3.05) is 11.9 Å². The maximum atomic E-state index is 10.5. The first kappa shape index (κ1) is 13.3. The molecule has 2 rings (SSSR count). The van der Waals surface area contributed by atoms with E-state index in [-0.39, 0.29) is 0 Å². The molecule has 1 aromatic rings. The van der Waals surface area contributed by atoms with E-state index in [1.807, 2.05) is 19.1 Å². The summed E-state index contributed by atoms with van der Waals surface area (Å²) in [7, 11) is 0. The van der Waals surface area contributed by atoms with E-state index in [0.29, 0.717) is 6.54 Å². The van der Waals surface area contributed by atoms with Crippen LogP contribution in [0, 0.1) is 12.8 Å². The van der Waals surface area contributed by atoms with Gasteiger partial charge < -0.3 is 10.4 Å².